The molecular weight excluding hydrogens is 218 g/mol. The summed E-state index contributed by atoms with van der Waals surface area (Å²) in [5.74, 6) is 0.770. The van der Waals surface area contributed by atoms with Gasteiger partial charge in [-0.05, 0) is 20.3 Å². The van der Waals surface area contributed by atoms with Crippen LogP contribution in [0.5, 0.6) is 0 Å². The zero-order chi connectivity index (χ0) is 12.8. The molecule has 0 aliphatic carbocycles. The van der Waals surface area contributed by atoms with E-state index in [0.29, 0.717) is 11.7 Å². The molecular formula is C11H19N5O. The Morgan fingerprint density at radius 3 is 2.59 bits per heavy atom. The number of hydrogen-bond donors (Lipinski definition) is 2. The molecule has 0 fully saturated rings. The Balaban J connectivity index is 2.92. The van der Waals surface area contributed by atoms with Gasteiger partial charge in [0.1, 0.15) is 11.5 Å². The summed E-state index contributed by atoms with van der Waals surface area (Å²) in [6.45, 7) is 7.21. The zero-order valence-corrected chi connectivity index (χ0v) is 10.5. The summed E-state index contributed by atoms with van der Waals surface area (Å²) in [5, 5.41) is 11.4. The molecule has 1 heterocycles. The summed E-state index contributed by atoms with van der Waals surface area (Å²) >= 11 is 0. The van der Waals surface area contributed by atoms with Gasteiger partial charge in [-0.1, -0.05) is 12.1 Å². The molecule has 94 valence electrons. The van der Waals surface area contributed by atoms with Gasteiger partial charge in [-0.2, -0.15) is 0 Å². The van der Waals surface area contributed by atoms with Gasteiger partial charge in [-0.25, -0.2) is 9.97 Å². The van der Waals surface area contributed by atoms with Crippen LogP contribution >= 0.6 is 0 Å². The largest absolute Gasteiger partial charge is 0.409 e. The van der Waals surface area contributed by atoms with Gasteiger partial charge < -0.3 is 15.8 Å². The molecule has 1 rings (SSSR count). The fraction of sp³-hybridized carbons (Fsp3) is 0.545. The van der Waals surface area contributed by atoms with Crippen molar-refractivity contribution in [2.75, 3.05) is 11.4 Å². The summed E-state index contributed by atoms with van der Waals surface area (Å²) in [5.41, 5.74) is 5.79. The summed E-state index contributed by atoms with van der Waals surface area (Å²) in [6, 6.07) is 0.406. The first-order chi connectivity index (χ1) is 8.13. The number of aromatic nitrogens is 2. The van der Waals surface area contributed by atoms with Gasteiger partial charge >= 0.3 is 0 Å². The molecule has 17 heavy (non-hydrogen) atoms. The third kappa shape index (κ3) is 3.05. The van der Waals surface area contributed by atoms with E-state index in [1.165, 1.54) is 6.20 Å². The Kier molecular flexibility index (Phi) is 4.68. The molecule has 1 aromatic rings. The normalized spacial score (nSPS) is 13.5. The van der Waals surface area contributed by atoms with E-state index in [1.54, 1.807) is 6.20 Å². The van der Waals surface area contributed by atoms with E-state index < -0.39 is 0 Å². The third-order valence-electron chi connectivity index (χ3n) is 2.77. The maximum Gasteiger partial charge on any atom is 0.190 e. The van der Waals surface area contributed by atoms with Gasteiger partial charge in [0.25, 0.3) is 0 Å². The van der Waals surface area contributed by atoms with Crippen molar-refractivity contribution in [3.05, 3.63) is 18.1 Å². The van der Waals surface area contributed by atoms with Gasteiger partial charge in [-0.3, -0.25) is 0 Å². The monoisotopic (exact) mass is 237 g/mol. The molecule has 1 atom stereocenters. The van der Waals surface area contributed by atoms with Crippen LogP contribution in [0.3, 0.4) is 0 Å². The topological polar surface area (TPSA) is 87.6 Å². The quantitative estimate of drug-likeness (QED) is 0.347. The number of rotatable bonds is 5. The lowest BCUT2D eigenvalue weighted by Crippen LogP contribution is -2.33. The fourth-order valence-electron chi connectivity index (χ4n) is 1.57. The van der Waals surface area contributed by atoms with Gasteiger partial charge in [-0.15, -0.1) is 0 Å². The minimum absolute atomic E-state index is 0.0318. The second-order valence-electron chi connectivity index (χ2n) is 3.79. The van der Waals surface area contributed by atoms with Crippen LogP contribution in [0, 0.1) is 0 Å². The standard InChI is InChI=1S/C11H19N5O/c1-4-8(3)16(5-2)10-7-13-9(6-14-10)11(12)15-17/h6-8,17H,4-5H2,1-3H3,(H2,12,15). The predicted octanol–water partition coefficient (Wildman–Crippen LogP) is 1.20. The van der Waals surface area contributed by atoms with E-state index >= 15 is 0 Å². The Labute approximate surface area is 101 Å². The first-order valence-corrected chi connectivity index (χ1v) is 5.70. The number of hydrogen-bond acceptors (Lipinski definition) is 5. The average Bonchev–Trinajstić information content (AvgIpc) is 2.39. The van der Waals surface area contributed by atoms with E-state index in [9.17, 15) is 0 Å². The molecule has 0 bridgehead atoms. The van der Waals surface area contributed by atoms with E-state index in [4.69, 9.17) is 10.9 Å². The van der Waals surface area contributed by atoms with Crippen LogP contribution in [0.4, 0.5) is 5.82 Å². The molecule has 1 unspecified atom stereocenters. The van der Waals surface area contributed by atoms with Crippen LogP contribution in [0.2, 0.25) is 0 Å². The Bertz CT molecular complexity index is 376. The molecule has 6 heteroatoms. The molecule has 0 aromatic carbocycles. The van der Waals surface area contributed by atoms with Crippen molar-refractivity contribution in [2.24, 2.45) is 10.9 Å². The lowest BCUT2D eigenvalue weighted by atomic mass is 10.2. The molecule has 0 spiro atoms. The molecule has 0 saturated carbocycles. The van der Waals surface area contributed by atoms with Crippen LogP contribution in [0.15, 0.2) is 17.5 Å². The lowest BCUT2D eigenvalue weighted by Gasteiger charge is -2.27. The van der Waals surface area contributed by atoms with Gasteiger partial charge in [0.05, 0.1) is 12.4 Å². The molecule has 3 N–H and O–H groups in total. The summed E-state index contributed by atoms with van der Waals surface area (Å²) < 4.78 is 0. The Morgan fingerprint density at radius 2 is 2.18 bits per heavy atom. The lowest BCUT2D eigenvalue weighted by molar-refractivity contribution is 0.318. The molecule has 0 aliphatic rings. The summed E-state index contributed by atoms with van der Waals surface area (Å²) in [6.07, 6.45) is 4.19. The van der Waals surface area contributed by atoms with Crippen LogP contribution in [-0.2, 0) is 0 Å². The predicted molar refractivity (Wildman–Crippen MR) is 67.3 cm³/mol. The highest BCUT2D eigenvalue weighted by Crippen LogP contribution is 2.14. The van der Waals surface area contributed by atoms with E-state index in [1.807, 2.05) is 0 Å². The number of nitrogens with two attached hydrogens (primary N) is 1. The second kappa shape index (κ2) is 6.03. The van der Waals surface area contributed by atoms with Crippen LogP contribution < -0.4 is 10.6 Å². The molecule has 6 nitrogen and oxygen atoms in total. The highest BCUT2D eigenvalue weighted by atomic mass is 16.4. The van der Waals surface area contributed by atoms with Crippen molar-refractivity contribution >= 4 is 11.7 Å². The third-order valence-corrected chi connectivity index (χ3v) is 2.77. The van der Waals surface area contributed by atoms with Gasteiger partial charge in [0.15, 0.2) is 5.84 Å². The number of anilines is 1. The summed E-state index contributed by atoms with van der Waals surface area (Å²) in [7, 11) is 0. The molecule has 0 amide bonds. The zero-order valence-electron chi connectivity index (χ0n) is 10.5. The van der Waals surface area contributed by atoms with Gasteiger partial charge in [0, 0.05) is 12.6 Å². The van der Waals surface area contributed by atoms with E-state index in [2.05, 4.69) is 40.8 Å². The van der Waals surface area contributed by atoms with Crippen molar-refractivity contribution in [3.63, 3.8) is 0 Å². The van der Waals surface area contributed by atoms with Crippen molar-refractivity contribution in [1.82, 2.24) is 9.97 Å². The number of amidine groups is 1. The van der Waals surface area contributed by atoms with Crippen molar-refractivity contribution in [1.29, 1.82) is 0 Å². The molecule has 0 aliphatic heterocycles. The molecule has 1 aromatic heterocycles. The smallest absolute Gasteiger partial charge is 0.190 e. The number of oxime groups is 1. The first kappa shape index (κ1) is 13.2. The minimum Gasteiger partial charge on any atom is -0.409 e. The highest BCUT2D eigenvalue weighted by Gasteiger charge is 2.13. The maximum atomic E-state index is 8.52. The van der Waals surface area contributed by atoms with E-state index in [-0.39, 0.29) is 5.84 Å². The fourth-order valence-corrected chi connectivity index (χ4v) is 1.57. The van der Waals surface area contributed by atoms with E-state index in [0.717, 1.165) is 18.8 Å². The summed E-state index contributed by atoms with van der Waals surface area (Å²) in [4.78, 5) is 10.6. The SMILES string of the molecule is CCC(C)N(CC)c1cnc(C(N)=NO)cn1. The van der Waals surface area contributed by atoms with Gasteiger partial charge in [0.2, 0.25) is 0 Å². The van der Waals surface area contributed by atoms with Crippen molar-refractivity contribution in [2.45, 2.75) is 33.2 Å². The van der Waals surface area contributed by atoms with Crippen LogP contribution in [0.25, 0.3) is 0 Å². The molecule has 0 saturated heterocycles. The Morgan fingerprint density at radius 1 is 1.47 bits per heavy atom. The van der Waals surface area contributed by atoms with Crippen molar-refractivity contribution < 1.29 is 5.21 Å². The first-order valence-electron chi connectivity index (χ1n) is 5.70. The average molecular weight is 237 g/mol. The number of nitrogens with zero attached hydrogens (tertiary/aromatic N) is 4. The molecule has 0 radical (unpaired) electrons. The highest BCUT2D eigenvalue weighted by molar-refractivity contribution is 5.94. The Hall–Kier alpha value is -1.85. The van der Waals surface area contributed by atoms with Crippen LogP contribution in [-0.4, -0.2) is 33.6 Å². The van der Waals surface area contributed by atoms with Crippen LogP contribution in [0.1, 0.15) is 32.9 Å². The second-order valence-corrected chi connectivity index (χ2v) is 3.79. The van der Waals surface area contributed by atoms with Crippen molar-refractivity contribution in [3.8, 4) is 0 Å². The minimum atomic E-state index is -0.0318. The maximum absolute atomic E-state index is 8.52.